The van der Waals surface area contributed by atoms with Crippen LogP contribution in [0.25, 0.3) is 0 Å². The Bertz CT molecular complexity index is 779. The Morgan fingerprint density at radius 2 is 1.75 bits per heavy atom. The van der Waals surface area contributed by atoms with Gasteiger partial charge in [-0.2, -0.15) is 0 Å². The highest BCUT2D eigenvalue weighted by atomic mass is 16.5. The van der Waals surface area contributed by atoms with Crippen molar-refractivity contribution in [2.75, 3.05) is 7.11 Å². The van der Waals surface area contributed by atoms with Crippen molar-refractivity contribution in [1.29, 1.82) is 0 Å². The van der Waals surface area contributed by atoms with Crippen LogP contribution in [-0.2, 0) is 11.3 Å². The number of benzene rings is 2. The zero-order chi connectivity index (χ0) is 20.0. The van der Waals surface area contributed by atoms with Crippen molar-refractivity contribution in [1.82, 2.24) is 0 Å². The number of unbranched alkanes of at least 4 members (excludes halogenated alkanes) is 3. The number of carbonyl (C=O) groups is 1. The molecule has 0 spiro atoms. The summed E-state index contributed by atoms with van der Waals surface area (Å²) < 4.78 is 10.6. The van der Waals surface area contributed by atoms with Crippen LogP contribution < -0.4 is 4.74 Å². The summed E-state index contributed by atoms with van der Waals surface area (Å²) in [5, 5.41) is 0. The average Bonchev–Trinajstić information content (AvgIpc) is 2.74. The number of methoxy groups -OCH3 is 1. The Hall–Kier alpha value is -2.88. The summed E-state index contributed by atoms with van der Waals surface area (Å²) >= 11 is 0. The van der Waals surface area contributed by atoms with E-state index in [9.17, 15) is 4.79 Å². The average molecular weight is 380 g/mol. The molecule has 0 aliphatic heterocycles. The quantitative estimate of drug-likeness (QED) is 0.200. The number of rotatable bonds is 11. The van der Waals surface area contributed by atoms with Crippen molar-refractivity contribution >= 4 is 17.9 Å². The van der Waals surface area contributed by atoms with Crippen LogP contribution >= 0.6 is 0 Å². The van der Waals surface area contributed by atoms with Gasteiger partial charge in [-0.1, -0.05) is 43.3 Å². The van der Waals surface area contributed by atoms with Crippen LogP contribution in [0.1, 0.15) is 54.9 Å². The van der Waals surface area contributed by atoms with Crippen molar-refractivity contribution in [2.24, 2.45) is 4.99 Å². The third-order valence-corrected chi connectivity index (χ3v) is 4.24. The number of aliphatic imine (C=N–C) groups is 1. The number of ether oxygens (including phenoxy) is 2. The van der Waals surface area contributed by atoms with Gasteiger partial charge < -0.3 is 9.47 Å². The molecule has 0 heterocycles. The molecule has 28 heavy (non-hydrogen) atoms. The zero-order valence-corrected chi connectivity index (χ0v) is 16.8. The maximum Gasteiger partial charge on any atom is 0.340 e. The molecule has 0 aromatic heterocycles. The fraction of sp³-hybridized carbons (Fsp3) is 0.333. The second kappa shape index (κ2) is 12.5. The van der Waals surface area contributed by atoms with Gasteiger partial charge in [-0.15, -0.1) is 0 Å². The maximum atomic E-state index is 12.5. The number of nitrogens with zero attached hydrogens (tertiary/aromatic N) is 1. The number of hydrogen-bond acceptors (Lipinski definition) is 4. The van der Waals surface area contributed by atoms with E-state index in [2.05, 4.69) is 24.1 Å². The fourth-order valence-electron chi connectivity index (χ4n) is 2.65. The maximum absolute atomic E-state index is 12.5. The van der Waals surface area contributed by atoms with Crippen LogP contribution in [0, 0.1) is 0 Å². The van der Waals surface area contributed by atoms with E-state index >= 15 is 0 Å². The molecule has 0 radical (unpaired) electrons. The largest absolute Gasteiger partial charge is 0.497 e. The van der Waals surface area contributed by atoms with E-state index in [0.717, 1.165) is 43.4 Å². The molecule has 0 fully saturated rings. The van der Waals surface area contributed by atoms with E-state index in [0.29, 0.717) is 11.3 Å². The van der Waals surface area contributed by atoms with Gasteiger partial charge in [0.25, 0.3) is 0 Å². The summed E-state index contributed by atoms with van der Waals surface area (Å²) in [6.45, 7) is 2.36. The lowest BCUT2D eigenvalue weighted by Gasteiger charge is -2.08. The van der Waals surface area contributed by atoms with E-state index < -0.39 is 0 Å². The van der Waals surface area contributed by atoms with Gasteiger partial charge in [0.05, 0.1) is 18.4 Å². The predicted octanol–water partition coefficient (Wildman–Crippen LogP) is 6.28. The zero-order valence-electron chi connectivity index (χ0n) is 16.8. The van der Waals surface area contributed by atoms with Crippen LogP contribution in [0.15, 0.2) is 65.7 Å². The smallest absolute Gasteiger partial charge is 0.340 e. The molecule has 0 unspecified atom stereocenters. The molecule has 0 bridgehead atoms. The monoisotopic (exact) mass is 379 g/mol. The standard InChI is InChI=1S/C24H29NO3/c1-3-4-5-6-7-8-11-18-25-23-13-10-9-12-22(23)24(26)28-19-20-14-16-21(27-2)17-15-20/h4-5,9-10,12-18H,3,6-8,11,19H2,1-2H3/b5-4-,25-18+. The highest BCUT2D eigenvalue weighted by molar-refractivity contribution is 5.95. The number of allylic oxidation sites excluding steroid dienone is 2. The lowest BCUT2D eigenvalue weighted by atomic mass is 10.1. The first-order chi connectivity index (χ1) is 13.7. The van der Waals surface area contributed by atoms with Crippen molar-refractivity contribution in [3.05, 3.63) is 71.8 Å². The number of esters is 1. The van der Waals surface area contributed by atoms with Gasteiger partial charge in [-0.25, -0.2) is 4.79 Å². The van der Waals surface area contributed by atoms with Crippen molar-refractivity contribution in [2.45, 2.75) is 45.6 Å². The molecule has 4 heteroatoms. The van der Waals surface area contributed by atoms with Gasteiger partial charge in [0.2, 0.25) is 0 Å². The Labute approximate surface area is 167 Å². The summed E-state index contributed by atoms with van der Waals surface area (Å²) in [6, 6.07) is 14.7. The second-order valence-electron chi connectivity index (χ2n) is 6.42. The molecular weight excluding hydrogens is 350 g/mol. The van der Waals surface area contributed by atoms with Gasteiger partial charge in [0.1, 0.15) is 12.4 Å². The van der Waals surface area contributed by atoms with Crippen LogP contribution in [0.4, 0.5) is 5.69 Å². The van der Waals surface area contributed by atoms with E-state index in [1.165, 1.54) is 0 Å². The van der Waals surface area contributed by atoms with Crippen molar-refractivity contribution in [3.8, 4) is 5.75 Å². The van der Waals surface area contributed by atoms with Gasteiger partial charge >= 0.3 is 5.97 Å². The molecule has 0 aliphatic carbocycles. The molecule has 0 atom stereocenters. The van der Waals surface area contributed by atoms with Crippen molar-refractivity contribution < 1.29 is 14.3 Å². The van der Waals surface area contributed by atoms with Crippen molar-refractivity contribution in [3.63, 3.8) is 0 Å². The summed E-state index contributed by atoms with van der Waals surface area (Å²) in [6.07, 6.45) is 11.6. The SMILES string of the molecule is CC/C=C\CCCC/C=N/c1ccccc1C(=O)OCc1ccc(OC)cc1. The molecule has 4 nitrogen and oxygen atoms in total. The van der Waals surface area contributed by atoms with Crippen LogP contribution in [0.3, 0.4) is 0 Å². The van der Waals surface area contributed by atoms with Crippen LogP contribution in [-0.4, -0.2) is 19.3 Å². The minimum Gasteiger partial charge on any atom is -0.497 e. The summed E-state index contributed by atoms with van der Waals surface area (Å²) in [7, 11) is 1.62. The summed E-state index contributed by atoms with van der Waals surface area (Å²) in [5.41, 5.74) is 2.04. The van der Waals surface area contributed by atoms with E-state index in [1.54, 1.807) is 13.2 Å². The lowest BCUT2D eigenvalue weighted by Crippen LogP contribution is -2.05. The molecular formula is C24H29NO3. The molecule has 2 rings (SSSR count). The Morgan fingerprint density at radius 1 is 1.00 bits per heavy atom. The minimum atomic E-state index is -0.367. The third-order valence-electron chi connectivity index (χ3n) is 4.24. The highest BCUT2D eigenvalue weighted by Gasteiger charge is 2.12. The first-order valence-corrected chi connectivity index (χ1v) is 9.81. The molecule has 0 saturated heterocycles. The van der Waals surface area contributed by atoms with Crippen LogP contribution in [0.2, 0.25) is 0 Å². The Kier molecular flexibility index (Phi) is 9.56. The number of carbonyl (C=O) groups excluding carboxylic acids is 1. The van der Waals surface area contributed by atoms with Gasteiger partial charge in [-0.05, 0) is 61.9 Å². The molecule has 148 valence electrons. The van der Waals surface area contributed by atoms with Gasteiger partial charge in [0, 0.05) is 6.21 Å². The number of hydrogen-bond donors (Lipinski definition) is 0. The van der Waals surface area contributed by atoms with E-state index in [-0.39, 0.29) is 12.6 Å². The van der Waals surface area contributed by atoms with Gasteiger partial charge in [-0.3, -0.25) is 4.99 Å². The third kappa shape index (κ3) is 7.39. The summed E-state index contributed by atoms with van der Waals surface area (Å²) in [5.74, 6) is 0.407. The molecule has 2 aromatic rings. The molecule has 0 N–H and O–H groups in total. The fourth-order valence-corrected chi connectivity index (χ4v) is 2.65. The lowest BCUT2D eigenvalue weighted by molar-refractivity contribution is 0.0474. The Balaban J connectivity index is 1.86. The molecule has 0 aliphatic rings. The Morgan fingerprint density at radius 3 is 2.50 bits per heavy atom. The minimum absolute atomic E-state index is 0.214. The van der Waals surface area contributed by atoms with Crippen LogP contribution in [0.5, 0.6) is 5.75 Å². The first-order valence-electron chi connectivity index (χ1n) is 9.81. The molecule has 2 aromatic carbocycles. The molecule has 0 saturated carbocycles. The van der Waals surface area contributed by atoms with E-state index in [4.69, 9.17) is 9.47 Å². The van der Waals surface area contributed by atoms with Gasteiger partial charge in [0.15, 0.2) is 0 Å². The second-order valence-corrected chi connectivity index (χ2v) is 6.42. The van der Waals surface area contributed by atoms with E-state index in [1.807, 2.05) is 48.7 Å². The normalized spacial score (nSPS) is 11.2. The first kappa shape index (κ1) is 21.4. The highest BCUT2D eigenvalue weighted by Crippen LogP contribution is 2.20. The predicted molar refractivity (Wildman–Crippen MR) is 115 cm³/mol. The molecule has 0 amide bonds. The summed E-state index contributed by atoms with van der Waals surface area (Å²) in [4.78, 5) is 16.9. The topological polar surface area (TPSA) is 47.9 Å². The number of para-hydroxylation sites is 1.